The minimum atomic E-state index is 0.376. The molecule has 5 heteroatoms. The number of pyridine rings is 2. The number of hydrogen-bond acceptors (Lipinski definition) is 4. The second kappa shape index (κ2) is 4.30. The van der Waals surface area contributed by atoms with Crippen LogP contribution in [0.3, 0.4) is 0 Å². The molecule has 1 fully saturated rings. The van der Waals surface area contributed by atoms with E-state index < -0.39 is 0 Å². The van der Waals surface area contributed by atoms with E-state index in [1.807, 2.05) is 36.3 Å². The Morgan fingerprint density at radius 2 is 1.95 bits per heavy atom. The summed E-state index contributed by atoms with van der Waals surface area (Å²) in [5.74, 6) is 0.700. The molecule has 1 aliphatic rings. The fraction of sp³-hybridized carbons (Fsp3) is 0.267. The number of ether oxygens (including phenoxy) is 1. The van der Waals surface area contributed by atoms with Gasteiger partial charge < -0.3 is 4.74 Å². The Morgan fingerprint density at radius 1 is 1.10 bits per heavy atom. The van der Waals surface area contributed by atoms with Gasteiger partial charge in [0.05, 0.1) is 11.7 Å². The van der Waals surface area contributed by atoms with E-state index in [1.54, 1.807) is 6.20 Å². The molecule has 0 unspecified atom stereocenters. The number of nitrogens with zero attached hydrogens (tertiary/aromatic N) is 4. The van der Waals surface area contributed by atoms with Gasteiger partial charge >= 0.3 is 0 Å². The molecule has 100 valence electrons. The van der Waals surface area contributed by atoms with Gasteiger partial charge in [-0.25, -0.2) is 4.98 Å². The molecule has 0 aliphatic heterocycles. The van der Waals surface area contributed by atoms with Gasteiger partial charge in [-0.2, -0.15) is 5.10 Å². The molecule has 1 saturated carbocycles. The Morgan fingerprint density at radius 3 is 2.70 bits per heavy atom. The molecule has 3 heterocycles. The normalized spacial score (nSPS) is 14.7. The lowest BCUT2D eigenvalue weighted by atomic mass is 10.1. The minimum absolute atomic E-state index is 0.376. The third-order valence-electron chi connectivity index (χ3n) is 3.48. The Balaban J connectivity index is 1.68. The summed E-state index contributed by atoms with van der Waals surface area (Å²) < 4.78 is 7.48. The fourth-order valence-electron chi connectivity index (χ4n) is 2.16. The zero-order valence-electron chi connectivity index (χ0n) is 11.2. The van der Waals surface area contributed by atoms with Crippen molar-refractivity contribution in [1.29, 1.82) is 0 Å². The first kappa shape index (κ1) is 11.4. The van der Waals surface area contributed by atoms with E-state index in [0.29, 0.717) is 12.0 Å². The Kier molecular flexibility index (Phi) is 2.45. The highest BCUT2D eigenvalue weighted by molar-refractivity contribution is 5.80. The van der Waals surface area contributed by atoms with Crippen molar-refractivity contribution in [3.8, 4) is 17.0 Å². The second-order valence-corrected chi connectivity index (χ2v) is 5.10. The van der Waals surface area contributed by atoms with Gasteiger partial charge in [0.15, 0.2) is 0 Å². The lowest BCUT2D eigenvalue weighted by Gasteiger charge is -2.05. The van der Waals surface area contributed by atoms with E-state index in [-0.39, 0.29) is 0 Å². The van der Waals surface area contributed by atoms with E-state index >= 15 is 0 Å². The standard InChI is InChI=1S/C15H14N4O/c1-19-14-6-11(8-16-13(14)9-18-19)10-2-5-15(17-7-10)20-12-3-4-12/h2,5-9,12H,3-4H2,1H3. The molecule has 0 radical (unpaired) electrons. The van der Waals surface area contributed by atoms with Crippen LogP contribution in [-0.4, -0.2) is 25.9 Å². The van der Waals surface area contributed by atoms with Gasteiger partial charge in [0, 0.05) is 36.6 Å². The van der Waals surface area contributed by atoms with Crippen molar-refractivity contribution < 1.29 is 4.74 Å². The smallest absolute Gasteiger partial charge is 0.213 e. The topological polar surface area (TPSA) is 52.8 Å². The molecule has 3 aromatic heterocycles. The predicted molar refractivity (Wildman–Crippen MR) is 75.4 cm³/mol. The van der Waals surface area contributed by atoms with Gasteiger partial charge in [0.25, 0.3) is 0 Å². The molecule has 20 heavy (non-hydrogen) atoms. The first-order valence-electron chi connectivity index (χ1n) is 6.70. The van der Waals surface area contributed by atoms with Gasteiger partial charge in [0.1, 0.15) is 11.6 Å². The quantitative estimate of drug-likeness (QED) is 0.731. The van der Waals surface area contributed by atoms with Crippen LogP contribution >= 0.6 is 0 Å². The van der Waals surface area contributed by atoms with Crippen molar-refractivity contribution >= 4 is 11.0 Å². The van der Waals surface area contributed by atoms with Crippen LogP contribution in [0.15, 0.2) is 36.8 Å². The number of aryl methyl sites for hydroxylation is 1. The summed E-state index contributed by atoms with van der Waals surface area (Å²) in [6.45, 7) is 0. The summed E-state index contributed by atoms with van der Waals surface area (Å²) in [4.78, 5) is 8.77. The van der Waals surface area contributed by atoms with E-state index in [0.717, 1.165) is 35.0 Å². The summed E-state index contributed by atoms with van der Waals surface area (Å²) in [6.07, 6.45) is 8.11. The zero-order chi connectivity index (χ0) is 13.5. The Labute approximate surface area is 116 Å². The Bertz CT molecular complexity index is 759. The highest BCUT2D eigenvalue weighted by Gasteiger charge is 2.23. The van der Waals surface area contributed by atoms with E-state index in [4.69, 9.17) is 4.74 Å². The largest absolute Gasteiger partial charge is 0.474 e. The molecule has 3 aromatic rings. The molecule has 4 rings (SSSR count). The molecule has 0 spiro atoms. The monoisotopic (exact) mass is 266 g/mol. The highest BCUT2D eigenvalue weighted by atomic mass is 16.5. The van der Waals surface area contributed by atoms with E-state index in [9.17, 15) is 0 Å². The van der Waals surface area contributed by atoms with Crippen LogP contribution in [0.5, 0.6) is 5.88 Å². The van der Waals surface area contributed by atoms with Crippen molar-refractivity contribution in [2.24, 2.45) is 7.05 Å². The molecule has 1 aliphatic carbocycles. The minimum Gasteiger partial charge on any atom is -0.474 e. The molecule has 5 nitrogen and oxygen atoms in total. The fourth-order valence-corrected chi connectivity index (χ4v) is 2.16. The third kappa shape index (κ3) is 2.01. The molecule has 0 amide bonds. The number of aromatic nitrogens is 4. The maximum Gasteiger partial charge on any atom is 0.213 e. The van der Waals surface area contributed by atoms with Crippen LogP contribution in [0.1, 0.15) is 12.8 Å². The maximum atomic E-state index is 5.65. The number of rotatable bonds is 3. The molecule has 0 atom stereocenters. The SMILES string of the molecule is Cn1ncc2ncc(-c3ccc(OC4CC4)nc3)cc21. The molecular weight excluding hydrogens is 252 g/mol. The summed E-state index contributed by atoms with van der Waals surface area (Å²) in [5.41, 5.74) is 3.98. The van der Waals surface area contributed by atoms with Gasteiger partial charge in [-0.3, -0.25) is 9.67 Å². The summed E-state index contributed by atoms with van der Waals surface area (Å²) >= 11 is 0. The average Bonchev–Trinajstić information content (AvgIpc) is 3.22. The number of fused-ring (bicyclic) bond motifs is 1. The van der Waals surface area contributed by atoms with Gasteiger partial charge in [-0.05, 0) is 25.0 Å². The van der Waals surface area contributed by atoms with Gasteiger partial charge in [0.2, 0.25) is 5.88 Å². The predicted octanol–water partition coefficient (Wildman–Crippen LogP) is 2.57. The van der Waals surface area contributed by atoms with Gasteiger partial charge in [-0.15, -0.1) is 0 Å². The van der Waals surface area contributed by atoms with Crippen LogP contribution in [0.25, 0.3) is 22.2 Å². The lowest BCUT2D eigenvalue weighted by Crippen LogP contribution is -1.97. The van der Waals surface area contributed by atoms with Crippen molar-refractivity contribution in [3.63, 3.8) is 0 Å². The molecule has 0 bridgehead atoms. The number of hydrogen-bond donors (Lipinski definition) is 0. The zero-order valence-corrected chi connectivity index (χ0v) is 11.2. The summed E-state index contributed by atoms with van der Waals surface area (Å²) in [5, 5.41) is 4.20. The molecule has 0 saturated heterocycles. The molecule has 0 N–H and O–H groups in total. The molecule has 0 aromatic carbocycles. The first-order chi connectivity index (χ1) is 9.79. The van der Waals surface area contributed by atoms with E-state index in [1.165, 1.54) is 0 Å². The summed E-state index contributed by atoms with van der Waals surface area (Å²) in [7, 11) is 1.92. The summed E-state index contributed by atoms with van der Waals surface area (Å²) in [6, 6.07) is 6.01. The van der Waals surface area contributed by atoms with Crippen LogP contribution in [0.2, 0.25) is 0 Å². The third-order valence-corrected chi connectivity index (χ3v) is 3.48. The lowest BCUT2D eigenvalue weighted by molar-refractivity contribution is 0.291. The van der Waals surface area contributed by atoms with Crippen LogP contribution in [-0.2, 0) is 7.05 Å². The van der Waals surface area contributed by atoms with Crippen LogP contribution < -0.4 is 4.74 Å². The first-order valence-corrected chi connectivity index (χ1v) is 6.70. The average molecular weight is 266 g/mol. The van der Waals surface area contributed by atoms with Gasteiger partial charge in [-0.1, -0.05) is 0 Å². The van der Waals surface area contributed by atoms with Crippen molar-refractivity contribution in [2.75, 3.05) is 0 Å². The second-order valence-electron chi connectivity index (χ2n) is 5.10. The highest BCUT2D eigenvalue weighted by Crippen LogP contribution is 2.27. The van der Waals surface area contributed by atoms with E-state index in [2.05, 4.69) is 21.1 Å². The van der Waals surface area contributed by atoms with Crippen molar-refractivity contribution in [3.05, 3.63) is 36.8 Å². The Hall–Kier alpha value is -2.43. The van der Waals surface area contributed by atoms with Crippen LogP contribution in [0.4, 0.5) is 0 Å². The van der Waals surface area contributed by atoms with Crippen molar-refractivity contribution in [1.82, 2.24) is 19.7 Å². The van der Waals surface area contributed by atoms with Crippen molar-refractivity contribution in [2.45, 2.75) is 18.9 Å². The molecular formula is C15H14N4O. The maximum absolute atomic E-state index is 5.65. The van der Waals surface area contributed by atoms with Crippen LogP contribution in [0, 0.1) is 0 Å².